The molecule has 0 fully saturated rings. The molecule has 4 nitrogen and oxygen atoms in total. The molecule has 5 heteroatoms. The van der Waals surface area contributed by atoms with Crippen LogP contribution in [0, 0.1) is 5.92 Å². The van der Waals surface area contributed by atoms with Gasteiger partial charge in [0.1, 0.15) is 0 Å². The fraction of sp³-hybridized carbons (Fsp3) is 0.909. The highest BCUT2D eigenvalue weighted by Gasteiger charge is 2.13. The molecule has 0 aromatic carbocycles. The van der Waals surface area contributed by atoms with Crippen LogP contribution in [0.5, 0.6) is 0 Å². The lowest BCUT2D eigenvalue weighted by Gasteiger charge is -2.07. The Morgan fingerprint density at radius 1 is 1.25 bits per heavy atom. The highest BCUT2D eigenvalue weighted by Crippen LogP contribution is 2.06. The number of sulfonamides is 1. The maximum Gasteiger partial charge on any atom is 0.234 e. The first-order valence-electron chi connectivity index (χ1n) is 5.90. The molecule has 0 aromatic heterocycles. The minimum atomic E-state index is -3.39. The zero-order chi connectivity index (χ0) is 12.6. The fourth-order valence-electron chi connectivity index (χ4n) is 1.28. The zero-order valence-corrected chi connectivity index (χ0v) is 11.3. The van der Waals surface area contributed by atoms with Gasteiger partial charge in [0.2, 0.25) is 15.9 Å². The van der Waals surface area contributed by atoms with Gasteiger partial charge in [0.15, 0.2) is 0 Å². The maximum atomic E-state index is 11.4. The molecule has 0 aromatic rings. The van der Waals surface area contributed by atoms with Crippen LogP contribution in [0.15, 0.2) is 0 Å². The Bertz CT molecular complexity index is 296. The summed E-state index contributed by atoms with van der Waals surface area (Å²) in [6.45, 7) is 6.08. The molecule has 0 aliphatic carbocycles. The molecule has 1 amide bonds. The molecule has 0 unspecified atom stereocenters. The Balaban J connectivity index is 3.86. The summed E-state index contributed by atoms with van der Waals surface area (Å²) in [5.74, 6) is 0.209. The number of unbranched alkanes of at least 4 members (excludes halogenated alkanes) is 1. The number of hydrogen-bond acceptors (Lipinski definition) is 3. The van der Waals surface area contributed by atoms with E-state index < -0.39 is 10.0 Å². The molecule has 0 atom stereocenters. The summed E-state index contributed by atoms with van der Waals surface area (Å²) in [6.07, 6.45) is 3.38. The van der Waals surface area contributed by atoms with E-state index >= 15 is 0 Å². The molecule has 96 valence electrons. The third-order valence-electron chi connectivity index (χ3n) is 2.22. The summed E-state index contributed by atoms with van der Waals surface area (Å²) in [5, 5.41) is 0. The van der Waals surface area contributed by atoms with Gasteiger partial charge in [-0.05, 0) is 18.8 Å². The molecule has 16 heavy (non-hydrogen) atoms. The quantitative estimate of drug-likeness (QED) is 0.716. The van der Waals surface area contributed by atoms with Crippen molar-refractivity contribution in [2.75, 3.05) is 5.75 Å². The van der Waals surface area contributed by atoms with E-state index in [0.29, 0.717) is 18.8 Å². The zero-order valence-electron chi connectivity index (χ0n) is 10.5. The maximum absolute atomic E-state index is 11.4. The fourth-order valence-corrected chi connectivity index (χ4v) is 2.50. The van der Waals surface area contributed by atoms with Crippen molar-refractivity contribution in [3.8, 4) is 0 Å². The number of rotatable bonds is 8. The smallest absolute Gasteiger partial charge is 0.234 e. The van der Waals surface area contributed by atoms with Crippen molar-refractivity contribution in [2.24, 2.45) is 5.92 Å². The van der Waals surface area contributed by atoms with Crippen molar-refractivity contribution in [1.82, 2.24) is 4.72 Å². The Labute approximate surface area is 98.9 Å². The summed E-state index contributed by atoms with van der Waals surface area (Å²) < 4.78 is 24.8. The van der Waals surface area contributed by atoms with Crippen molar-refractivity contribution in [3.63, 3.8) is 0 Å². The third-order valence-corrected chi connectivity index (χ3v) is 3.59. The first-order chi connectivity index (χ1) is 7.37. The van der Waals surface area contributed by atoms with Gasteiger partial charge >= 0.3 is 0 Å². The van der Waals surface area contributed by atoms with Crippen LogP contribution in [-0.4, -0.2) is 20.1 Å². The largest absolute Gasteiger partial charge is 0.274 e. The summed E-state index contributed by atoms with van der Waals surface area (Å²) >= 11 is 0. The number of amides is 1. The lowest BCUT2D eigenvalue weighted by molar-refractivity contribution is -0.119. The molecule has 1 N–H and O–H groups in total. The van der Waals surface area contributed by atoms with Crippen molar-refractivity contribution in [2.45, 2.75) is 52.9 Å². The molecule has 0 aliphatic heterocycles. The van der Waals surface area contributed by atoms with Crippen molar-refractivity contribution < 1.29 is 13.2 Å². The Hall–Kier alpha value is -0.580. The topological polar surface area (TPSA) is 63.2 Å². The van der Waals surface area contributed by atoms with E-state index in [0.717, 1.165) is 19.3 Å². The van der Waals surface area contributed by atoms with Crippen LogP contribution in [-0.2, 0) is 14.8 Å². The van der Waals surface area contributed by atoms with Gasteiger partial charge in [0.25, 0.3) is 0 Å². The van der Waals surface area contributed by atoms with E-state index in [9.17, 15) is 13.2 Å². The van der Waals surface area contributed by atoms with Crippen LogP contribution in [0.1, 0.15) is 52.9 Å². The second-order valence-corrected chi connectivity index (χ2v) is 6.33. The van der Waals surface area contributed by atoms with Crippen molar-refractivity contribution >= 4 is 15.9 Å². The molecule has 0 aliphatic rings. The number of hydrogen-bond donors (Lipinski definition) is 1. The molecule has 0 rings (SSSR count). The van der Waals surface area contributed by atoms with Crippen LogP contribution in [0.2, 0.25) is 0 Å². The van der Waals surface area contributed by atoms with Crippen LogP contribution in [0.25, 0.3) is 0 Å². The minimum Gasteiger partial charge on any atom is -0.274 e. The number of carbonyl (C=O) groups is 1. The monoisotopic (exact) mass is 249 g/mol. The van der Waals surface area contributed by atoms with E-state index in [1.807, 2.05) is 6.92 Å². The standard InChI is InChI=1S/C11H23NO3S/c1-4-5-9-16(14,15)12-11(13)8-6-7-10(2)3/h10H,4-9H2,1-3H3,(H,12,13). The highest BCUT2D eigenvalue weighted by molar-refractivity contribution is 7.90. The predicted molar refractivity (Wildman–Crippen MR) is 65.5 cm³/mol. The SMILES string of the molecule is CCCCS(=O)(=O)NC(=O)CCCC(C)C. The van der Waals surface area contributed by atoms with Crippen LogP contribution in [0.4, 0.5) is 0 Å². The second kappa shape index (κ2) is 7.65. The van der Waals surface area contributed by atoms with E-state index in [-0.39, 0.29) is 11.7 Å². The van der Waals surface area contributed by atoms with Crippen molar-refractivity contribution in [3.05, 3.63) is 0 Å². The molecular formula is C11H23NO3S. The molecular weight excluding hydrogens is 226 g/mol. The summed E-state index contributed by atoms with van der Waals surface area (Å²) in [5.41, 5.74) is 0. The van der Waals surface area contributed by atoms with Gasteiger partial charge in [0.05, 0.1) is 5.75 Å². The summed E-state index contributed by atoms with van der Waals surface area (Å²) in [6, 6.07) is 0. The average Bonchev–Trinajstić information content (AvgIpc) is 2.13. The lowest BCUT2D eigenvalue weighted by atomic mass is 10.1. The van der Waals surface area contributed by atoms with Crippen LogP contribution in [0.3, 0.4) is 0 Å². The Morgan fingerprint density at radius 3 is 2.38 bits per heavy atom. The number of carbonyl (C=O) groups excluding carboxylic acids is 1. The summed E-state index contributed by atoms with van der Waals surface area (Å²) in [7, 11) is -3.39. The Morgan fingerprint density at radius 2 is 1.88 bits per heavy atom. The van der Waals surface area contributed by atoms with Gasteiger partial charge in [0, 0.05) is 6.42 Å². The van der Waals surface area contributed by atoms with Gasteiger partial charge in [-0.1, -0.05) is 33.6 Å². The highest BCUT2D eigenvalue weighted by atomic mass is 32.2. The normalized spacial score (nSPS) is 11.8. The first kappa shape index (κ1) is 15.4. The molecule has 0 heterocycles. The number of nitrogens with one attached hydrogen (secondary N) is 1. The molecule has 0 radical (unpaired) electrons. The van der Waals surface area contributed by atoms with Gasteiger partial charge in [-0.2, -0.15) is 0 Å². The van der Waals surface area contributed by atoms with E-state index in [1.54, 1.807) is 0 Å². The van der Waals surface area contributed by atoms with Crippen molar-refractivity contribution in [1.29, 1.82) is 0 Å². The van der Waals surface area contributed by atoms with E-state index in [2.05, 4.69) is 18.6 Å². The van der Waals surface area contributed by atoms with Crippen LogP contribution < -0.4 is 4.72 Å². The predicted octanol–water partition coefficient (Wildman–Crippen LogP) is 2.06. The molecule has 0 saturated heterocycles. The first-order valence-corrected chi connectivity index (χ1v) is 7.56. The molecule has 0 spiro atoms. The van der Waals surface area contributed by atoms with Gasteiger partial charge in [-0.25, -0.2) is 8.42 Å². The minimum absolute atomic E-state index is 0.0411. The van der Waals surface area contributed by atoms with Gasteiger partial charge in [-0.15, -0.1) is 0 Å². The van der Waals surface area contributed by atoms with Gasteiger partial charge < -0.3 is 0 Å². The molecule has 0 bridgehead atoms. The van der Waals surface area contributed by atoms with E-state index in [1.165, 1.54) is 0 Å². The second-order valence-electron chi connectivity index (χ2n) is 4.48. The molecule has 0 saturated carbocycles. The van der Waals surface area contributed by atoms with Gasteiger partial charge in [-0.3, -0.25) is 9.52 Å². The lowest BCUT2D eigenvalue weighted by Crippen LogP contribution is -2.32. The Kier molecular flexibility index (Phi) is 7.38. The van der Waals surface area contributed by atoms with E-state index in [4.69, 9.17) is 0 Å². The van der Waals surface area contributed by atoms with Crippen LogP contribution >= 0.6 is 0 Å². The summed E-state index contributed by atoms with van der Waals surface area (Å²) in [4.78, 5) is 11.3. The third kappa shape index (κ3) is 8.71. The average molecular weight is 249 g/mol.